The van der Waals surface area contributed by atoms with Crippen LogP contribution >= 0.6 is 0 Å². The number of carbonyl (C=O) groups excluding carboxylic acids is 2. The highest BCUT2D eigenvalue weighted by Gasteiger charge is 2.58. The van der Waals surface area contributed by atoms with E-state index in [2.05, 4.69) is 6.92 Å². The Hall–Kier alpha value is -1.26. The molecule has 1 unspecified atom stereocenters. The van der Waals surface area contributed by atoms with E-state index in [0.717, 1.165) is 37.5 Å². The normalized spacial score (nSPS) is 44.6. The molecular weight excluding hydrogens is 292 g/mol. The minimum Gasteiger partial charge on any atom is -0.362 e. The van der Waals surface area contributed by atoms with E-state index in [-0.39, 0.29) is 17.6 Å². The third kappa shape index (κ3) is 2.11. The van der Waals surface area contributed by atoms with E-state index >= 15 is 0 Å². The summed E-state index contributed by atoms with van der Waals surface area (Å²) in [7, 11) is 0. The number of Topliss-reactive ketones (excluding diaryl/α,β-unsaturated/α-hetero) is 1. The molecule has 3 fully saturated rings. The molecule has 0 radical (unpaired) electrons. The van der Waals surface area contributed by atoms with Crippen LogP contribution in [0.4, 0.5) is 0 Å². The number of hydrogen-bond donors (Lipinski definition) is 2. The fourth-order valence-corrected chi connectivity index (χ4v) is 5.80. The van der Waals surface area contributed by atoms with Crippen LogP contribution in [0.3, 0.4) is 0 Å². The molecule has 4 aliphatic rings. The van der Waals surface area contributed by atoms with Crippen LogP contribution < -0.4 is 0 Å². The average molecular weight is 316 g/mol. The van der Waals surface area contributed by atoms with E-state index < -0.39 is 11.7 Å². The van der Waals surface area contributed by atoms with E-state index in [1.807, 2.05) is 6.08 Å². The van der Waals surface area contributed by atoms with Crippen molar-refractivity contribution in [1.29, 1.82) is 0 Å². The van der Waals surface area contributed by atoms with E-state index in [1.54, 1.807) is 6.08 Å². The molecule has 5 atom stereocenters. The maximum absolute atomic E-state index is 12.6. The Morgan fingerprint density at radius 1 is 1.30 bits per heavy atom. The summed E-state index contributed by atoms with van der Waals surface area (Å²) in [5.41, 5.74) is 2.01. The van der Waals surface area contributed by atoms with Crippen LogP contribution in [0.1, 0.15) is 45.4 Å². The van der Waals surface area contributed by atoms with Crippen LogP contribution in [0.15, 0.2) is 23.3 Å². The monoisotopic (exact) mass is 316 g/mol. The van der Waals surface area contributed by atoms with Crippen LogP contribution in [-0.2, 0) is 9.59 Å². The van der Waals surface area contributed by atoms with Crippen molar-refractivity contribution in [1.82, 2.24) is 0 Å². The number of allylic oxidation sites excluding steroid dienone is 2. The summed E-state index contributed by atoms with van der Waals surface area (Å²) in [6.45, 7) is 2.06. The number of aldehydes is 1. The van der Waals surface area contributed by atoms with Gasteiger partial charge in [0.2, 0.25) is 0 Å². The average Bonchev–Trinajstić information content (AvgIpc) is 2.77. The Bertz CT molecular complexity index is 629. The predicted octanol–water partition coefficient (Wildman–Crippen LogP) is 2.15. The molecule has 4 rings (SSSR count). The molecule has 124 valence electrons. The van der Waals surface area contributed by atoms with E-state index in [9.17, 15) is 19.8 Å². The van der Waals surface area contributed by atoms with Gasteiger partial charge in [0.25, 0.3) is 0 Å². The highest BCUT2D eigenvalue weighted by molar-refractivity contribution is 5.99. The zero-order valence-corrected chi connectivity index (χ0v) is 13.5. The molecule has 0 aliphatic heterocycles. The molecule has 3 saturated carbocycles. The second-order valence-corrected chi connectivity index (χ2v) is 8.13. The van der Waals surface area contributed by atoms with Crippen molar-refractivity contribution in [2.24, 2.45) is 29.1 Å². The van der Waals surface area contributed by atoms with Crippen LogP contribution in [0.5, 0.6) is 0 Å². The lowest BCUT2D eigenvalue weighted by Crippen LogP contribution is -2.44. The van der Waals surface area contributed by atoms with Crippen molar-refractivity contribution in [3.8, 4) is 0 Å². The molecule has 0 aromatic rings. The van der Waals surface area contributed by atoms with Gasteiger partial charge in [-0.25, -0.2) is 0 Å². The zero-order chi connectivity index (χ0) is 16.4. The van der Waals surface area contributed by atoms with Crippen LogP contribution in [0.25, 0.3) is 0 Å². The van der Waals surface area contributed by atoms with E-state index in [1.165, 1.54) is 5.57 Å². The van der Waals surface area contributed by atoms with Crippen molar-refractivity contribution in [3.05, 3.63) is 23.3 Å². The number of carbonyl (C=O) groups is 2. The number of ketones is 1. The number of fused-ring (bicyclic) bond motifs is 5. The molecule has 2 N–H and O–H groups in total. The van der Waals surface area contributed by atoms with Gasteiger partial charge >= 0.3 is 0 Å². The summed E-state index contributed by atoms with van der Waals surface area (Å²) < 4.78 is 0. The minimum absolute atomic E-state index is 0.152. The van der Waals surface area contributed by atoms with Gasteiger partial charge in [0.05, 0.1) is 5.92 Å². The topological polar surface area (TPSA) is 74.6 Å². The summed E-state index contributed by atoms with van der Waals surface area (Å²) in [4.78, 5) is 23.9. The van der Waals surface area contributed by atoms with Gasteiger partial charge in [-0.05, 0) is 67.1 Å². The summed E-state index contributed by atoms with van der Waals surface area (Å²) in [5.74, 6) is -0.830. The first-order valence-electron chi connectivity index (χ1n) is 8.72. The lowest BCUT2D eigenvalue weighted by molar-refractivity contribution is -0.134. The first-order valence-corrected chi connectivity index (χ1v) is 8.72. The van der Waals surface area contributed by atoms with Crippen LogP contribution in [0.2, 0.25) is 0 Å². The molecule has 0 saturated heterocycles. The molecule has 4 aliphatic carbocycles. The molecule has 0 aromatic carbocycles. The maximum atomic E-state index is 12.6. The highest BCUT2D eigenvalue weighted by atomic mass is 16.5. The van der Waals surface area contributed by atoms with Gasteiger partial charge in [0, 0.05) is 11.8 Å². The molecular formula is C19H24O4. The Labute approximate surface area is 136 Å². The van der Waals surface area contributed by atoms with Gasteiger partial charge in [-0.2, -0.15) is 0 Å². The third-order valence-corrected chi connectivity index (χ3v) is 6.94. The third-order valence-electron chi connectivity index (χ3n) is 6.94. The Morgan fingerprint density at radius 3 is 2.83 bits per heavy atom. The Morgan fingerprint density at radius 2 is 2.09 bits per heavy atom. The molecule has 0 bridgehead atoms. The van der Waals surface area contributed by atoms with Crippen molar-refractivity contribution in [2.45, 2.75) is 51.2 Å². The molecule has 0 spiro atoms. The second kappa shape index (κ2) is 4.87. The van der Waals surface area contributed by atoms with Gasteiger partial charge in [0.1, 0.15) is 12.1 Å². The minimum atomic E-state index is -1.71. The van der Waals surface area contributed by atoms with E-state index in [4.69, 9.17) is 0 Å². The predicted molar refractivity (Wildman–Crippen MR) is 84.2 cm³/mol. The SMILES string of the molecule is C[C@]12CC[C@@H]3C4=CCC(O)(O)C=C4CC[C@H]3[C@@H]1CC(C=O)C2=O. The Balaban J connectivity index is 1.66. The highest BCUT2D eigenvalue weighted by Crippen LogP contribution is 2.60. The second-order valence-electron chi connectivity index (χ2n) is 8.13. The van der Waals surface area contributed by atoms with Crippen molar-refractivity contribution >= 4 is 12.1 Å². The van der Waals surface area contributed by atoms with E-state index in [0.29, 0.717) is 24.2 Å². The first-order chi connectivity index (χ1) is 10.9. The largest absolute Gasteiger partial charge is 0.362 e. The summed E-state index contributed by atoms with van der Waals surface area (Å²) in [6, 6.07) is 0. The summed E-state index contributed by atoms with van der Waals surface area (Å²) in [5, 5.41) is 19.7. The number of aliphatic hydroxyl groups is 2. The lowest BCUT2D eigenvalue weighted by Gasteiger charge is -2.50. The van der Waals surface area contributed by atoms with Gasteiger partial charge in [-0.15, -0.1) is 0 Å². The van der Waals surface area contributed by atoms with Crippen molar-refractivity contribution < 1.29 is 19.8 Å². The van der Waals surface area contributed by atoms with Gasteiger partial charge in [-0.3, -0.25) is 4.79 Å². The fraction of sp³-hybridized carbons (Fsp3) is 0.684. The first kappa shape index (κ1) is 15.3. The van der Waals surface area contributed by atoms with Crippen LogP contribution in [0, 0.1) is 29.1 Å². The molecule has 0 aromatic heterocycles. The van der Waals surface area contributed by atoms with Gasteiger partial charge < -0.3 is 15.0 Å². The van der Waals surface area contributed by atoms with Gasteiger partial charge in [0.15, 0.2) is 5.79 Å². The van der Waals surface area contributed by atoms with Crippen LogP contribution in [-0.4, -0.2) is 28.1 Å². The molecule has 0 heterocycles. The standard InChI is InChI=1S/C19H24O4/c1-18-6-4-14-13-5-7-19(22,23)9-11(13)2-3-15(14)16(18)8-12(10-20)17(18)21/h5,9-10,12,14-16,22-23H,2-4,6-8H2,1H3/t12?,14-,15-,16+,18+/m1/s1. The summed E-state index contributed by atoms with van der Waals surface area (Å²) in [6.07, 6.45) is 9.01. The fourth-order valence-electron chi connectivity index (χ4n) is 5.80. The quantitative estimate of drug-likeness (QED) is 0.442. The molecule has 23 heavy (non-hydrogen) atoms. The lowest BCUT2D eigenvalue weighted by atomic mass is 9.54. The smallest absolute Gasteiger partial charge is 0.186 e. The van der Waals surface area contributed by atoms with Crippen molar-refractivity contribution in [2.75, 3.05) is 0 Å². The summed E-state index contributed by atoms with van der Waals surface area (Å²) >= 11 is 0. The maximum Gasteiger partial charge on any atom is 0.186 e. The number of hydrogen-bond acceptors (Lipinski definition) is 4. The molecule has 4 nitrogen and oxygen atoms in total. The Kier molecular flexibility index (Phi) is 3.23. The van der Waals surface area contributed by atoms with Gasteiger partial charge in [-0.1, -0.05) is 13.0 Å². The zero-order valence-electron chi connectivity index (χ0n) is 13.5. The molecule has 4 heteroatoms. The van der Waals surface area contributed by atoms with Crippen molar-refractivity contribution in [3.63, 3.8) is 0 Å². The number of rotatable bonds is 1. The molecule has 0 amide bonds.